The van der Waals surface area contributed by atoms with Gasteiger partial charge in [-0.25, -0.2) is 0 Å². The predicted octanol–water partition coefficient (Wildman–Crippen LogP) is 1.51. The van der Waals surface area contributed by atoms with E-state index < -0.39 is 0 Å². The monoisotopic (exact) mass is 412 g/mol. The predicted molar refractivity (Wildman–Crippen MR) is 108 cm³/mol. The maximum atomic E-state index is 12.6. The fourth-order valence-corrected chi connectivity index (χ4v) is 3.91. The molecular weight excluding hydrogens is 392 g/mol. The Morgan fingerprint density at radius 2 is 1.48 bits per heavy atom. The second-order valence-corrected chi connectivity index (χ2v) is 7.51. The summed E-state index contributed by atoms with van der Waals surface area (Å²) in [6.45, 7) is 2.77. The average Bonchev–Trinajstić information content (AvgIpc) is 3.22. The Kier molecular flexibility index (Phi) is 5.52. The van der Waals surface area contributed by atoms with E-state index in [0.717, 1.165) is 18.8 Å². The van der Waals surface area contributed by atoms with Crippen molar-refractivity contribution in [2.24, 2.45) is 0 Å². The number of aromatic hydroxyl groups is 2. The summed E-state index contributed by atoms with van der Waals surface area (Å²) >= 11 is 1.29. The summed E-state index contributed by atoms with van der Waals surface area (Å²) in [5, 5.41) is 31.0. The Labute approximate surface area is 171 Å². The number of phenolic OH excluding ortho intramolecular Hbond substituents is 2. The molecule has 1 aromatic heterocycles. The maximum absolute atomic E-state index is 12.6. The first-order valence-corrected chi connectivity index (χ1v) is 10.1. The van der Waals surface area contributed by atoms with Crippen LogP contribution in [0.15, 0.2) is 53.7 Å². The van der Waals surface area contributed by atoms with Crippen molar-refractivity contribution in [2.45, 2.75) is 5.16 Å². The number of benzene rings is 2. The number of amides is 1. The number of phenols is 2. The molecule has 2 N–H and O–H groups in total. The topological polar surface area (TPSA) is 108 Å². The first-order chi connectivity index (χ1) is 14.1. The summed E-state index contributed by atoms with van der Waals surface area (Å²) < 4.78 is 1.54. The third kappa shape index (κ3) is 4.43. The number of anilines is 1. The van der Waals surface area contributed by atoms with Gasteiger partial charge in [0.2, 0.25) is 11.1 Å². The van der Waals surface area contributed by atoms with E-state index in [0.29, 0.717) is 23.9 Å². The van der Waals surface area contributed by atoms with E-state index in [1.54, 1.807) is 41.1 Å². The fourth-order valence-electron chi connectivity index (χ4n) is 3.12. The van der Waals surface area contributed by atoms with Gasteiger partial charge in [-0.05, 0) is 59.0 Å². The number of carbonyl (C=O) groups excluding carboxylic acids is 1. The molecule has 0 unspecified atom stereocenters. The first kappa shape index (κ1) is 19.1. The molecule has 0 atom stereocenters. The molecule has 10 heteroatoms. The quantitative estimate of drug-likeness (QED) is 0.608. The van der Waals surface area contributed by atoms with Gasteiger partial charge in [-0.1, -0.05) is 11.8 Å². The van der Waals surface area contributed by atoms with Crippen LogP contribution in [-0.4, -0.2) is 73.2 Å². The summed E-state index contributed by atoms with van der Waals surface area (Å²) in [5.74, 6) is 0.699. The SMILES string of the molecule is O=C(CSc1nnnn1-c1ccc(O)cc1)N1CCN(c2ccc(O)cc2)CC1. The van der Waals surface area contributed by atoms with Crippen molar-refractivity contribution in [2.75, 3.05) is 36.8 Å². The molecular formula is C19H20N6O3S. The van der Waals surface area contributed by atoms with Crippen molar-refractivity contribution in [3.63, 3.8) is 0 Å². The van der Waals surface area contributed by atoms with Crippen molar-refractivity contribution in [3.8, 4) is 17.2 Å². The number of tetrazole rings is 1. The molecule has 0 radical (unpaired) electrons. The van der Waals surface area contributed by atoms with Crippen LogP contribution in [0.3, 0.4) is 0 Å². The number of piperazine rings is 1. The van der Waals surface area contributed by atoms with Gasteiger partial charge in [0, 0.05) is 31.9 Å². The van der Waals surface area contributed by atoms with E-state index in [2.05, 4.69) is 20.4 Å². The summed E-state index contributed by atoms with van der Waals surface area (Å²) in [7, 11) is 0. The van der Waals surface area contributed by atoms with Gasteiger partial charge >= 0.3 is 0 Å². The van der Waals surface area contributed by atoms with Crippen molar-refractivity contribution < 1.29 is 15.0 Å². The van der Waals surface area contributed by atoms with Gasteiger partial charge in [0.15, 0.2) is 0 Å². The number of nitrogens with zero attached hydrogens (tertiary/aromatic N) is 6. The van der Waals surface area contributed by atoms with Crippen LogP contribution >= 0.6 is 11.8 Å². The van der Waals surface area contributed by atoms with E-state index in [1.807, 2.05) is 17.0 Å². The van der Waals surface area contributed by atoms with Gasteiger partial charge in [-0.2, -0.15) is 4.68 Å². The lowest BCUT2D eigenvalue weighted by molar-refractivity contribution is -0.128. The minimum Gasteiger partial charge on any atom is -0.508 e. The molecule has 0 aliphatic carbocycles. The lowest BCUT2D eigenvalue weighted by Crippen LogP contribution is -2.49. The molecule has 3 aromatic rings. The van der Waals surface area contributed by atoms with Crippen molar-refractivity contribution >= 4 is 23.4 Å². The first-order valence-electron chi connectivity index (χ1n) is 9.12. The molecule has 0 bridgehead atoms. The average molecular weight is 412 g/mol. The molecule has 1 aliphatic heterocycles. The minimum atomic E-state index is 0.0422. The highest BCUT2D eigenvalue weighted by atomic mass is 32.2. The highest BCUT2D eigenvalue weighted by Crippen LogP contribution is 2.22. The Balaban J connectivity index is 1.32. The van der Waals surface area contributed by atoms with Crippen LogP contribution in [0.4, 0.5) is 5.69 Å². The fraction of sp³-hybridized carbons (Fsp3) is 0.263. The molecule has 1 aliphatic rings. The highest BCUT2D eigenvalue weighted by Gasteiger charge is 2.22. The van der Waals surface area contributed by atoms with E-state index in [4.69, 9.17) is 0 Å². The van der Waals surface area contributed by atoms with Crippen LogP contribution in [0.1, 0.15) is 0 Å². The van der Waals surface area contributed by atoms with Gasteiger partial charge in [0.05, 0.1) is 11.4 Å². The molecule has 1 fully saturated rings. The minimum absolute atomic E-state index is 0.0422. The van der Waals surface area contributed by atoms with E-state index in [9.17, 15) is 15.0 Å². The zero-order valence-electron chi connectivity index (χ0n) is 15.5. The summed E-state index contributed by atoms with van der Waals surface area (Å²) in [5.41, 5.74) is 1.75. The van der Waals surface area contributed by atoms with E-state index in [1.165, 1.54) is 11.8 Å². The van der Waals surface area contributed by atoms with Gasteiger partial charge in [0.25, 0.3) is 0 Å². The third-order valence-corrected chi connectivity index (χ3v) is 5.61. The molecule has 2 aromatic carbocycles. The van der Waals surface area contributed by atoms with Gasteiger partial charge in [-0.3, -0.25) is 4.79 Å². The van der Waals surface area contributed by atoms with Crippen LogP contribution in [0, 0.1) is 0 Å². The third-order valence-electron chi connectivity index (χ3n) is 4.71. The molecule has 9 nitrogen and oxygen atoms in total. The zero-order valence-corrected chi connectivity index (χ0v) is 16.4. The Morgan fingerprint density at radius 1 is 0.897 bits per heavy atom. The highest BCUT2D eigenvalue weighted by molar-refractivity contribution is 7.99. The Morgan fingerprint density at radius 3 is 2.10 bits per heavy atom. The number of carbonyl (C=O) groups is 1. The van der Waals surface area contributed by atoms with E-state index in [-0.39, 0.29) is 23.2 Å². The molecule has 29 heavy (non-hydrogen) atoms. The van der Waals surface area contributed by atoms with Gasteiger partial charge in [0.1, 0.15) is 11.5 Å². The molecule has 4 rings (SSSR count). The van der Waals surface area contributed by atoms with Gasteiger partial charge < -0.3 is 20.0 Å². The molecule has 150 valence electrons. The smallest absolute Gasteiger partial charge is 0.233 e. The lowest BCUT2D eigenvalue weighted by atomic mass is 10.2. The number of hydrogen-bond acceptors (Lipinski definition) is 8. The summed E-state index contributed by atoms with van der Waals surface area (Å²) in [6, 6.07) is 13.6. The summed E-state index contributed by atoms with van der Waals surface area (Å²) in [4.78, 5) is 16.7. The zero-order chi connectivity index (χ0) is 20.2. The molecule has 0 saturated carbocycles. The molecule has 1 amide bonds. The molecule has 0 spiro atoms. The molecule has 2 heterocycles. The van der Waals surface area contributed by atoms with Crippen LogP contribution in [-0.2, 0) is 4.79 Å². The summed E-state index contributed by atoms with van der Waals surface area (Å²) in [6.07, 6.45) is 0. The second kappa shape index (κ2) is 8.39. The maximum Gasteiger partial charge on any atom is 0.233 e. The normalized spacial score (nSPS) is 14.2. The number of thioether (sulfide) groups is 1. The molecule has 1 saturated heterocycles. The number of rotatable bonds is 5. The van der Waals surface area contributed by atoms with Crippen LogP contribution in [0.25, 0.3) is 5.69 Å². The standard InChI is InChI=1S/C19H20N6O3S/c26-16-5-1-14(2-6-16)23-9-11-24(12-10-23)18(28)13-29-19-20-21-22-25(19)15-3-7-17(27)8-4-15/h1-8,26-27H,9-13H2. The van der Waals surface area contributed by atoms with Crippen molar-refractivity contribution in [1.82, 2.24) is 25.1 Å². The second-order valence-electron chi connectivity index (χ2n) is 6.56. The number of hydrogen-bond donors (Lipinski definition) is 2. The Hall–Kier alpha value is -3.27. The van der Waals surface area contributed by atoms with E-state index >= 15 is 0 Å². The number of aromatic nitrogens is 4. The van der Waals surface area contributed by atoms with Crippen LogP contribution < -0.4 is 4.90 Å². The van der Waals surface area contributed by atoms with Crippen molar-refractivity contribution in [1.29, 1.82) is 0 Å². The lowest BCUT2D eigenvalue weighted by Gasteiger charge is -2.36. The van der Waals surface area contributed by atoms with Crippen LogP contribution in [0.5, 0.6) is 11.5 Å². The van der Waals surface area contributed by atoms with Crippen molar-refractivity contribution in [3.05, 3.63) is 48.5 Å². The van der Waals surface area contributed by atoms with Crippen LogP contribution in [0.2, 0.25) is 0 Å². The Bertz CT molecular complexity index is 968. The largest absolute Gasteiger partial charge is 0.508 e. The van der Waals surface area contributed by atoms with Gasteiger partial charge in [-0.15, -0.1) is 5.10 Å².